The van der Waals surface area contributed by atoms with Gasteiger partial charge in [-0.15, -0.1) is 11.8 Å². The molecule has 9 rings (SSSR count). The van der Waals surface area contributed by atoms with Gasteiger partial charge < -0.3 is 14.7 Å². The quantitative estimate of drug-likeness (QED) is 0.148. The molecule has 1 atom stereocenters. The van der Waals surface area contributed by atoms with Crippen LogP contribution in [0.4, 0.5) is 5.69 Å². The van der Waals surface area contributed by atoms with Gasteiger partial charge in [-0.2, -0.15) is 0 Å². The molecule has 3 nitrogen and oxygen atoms in total. The fourth-order valence-corrected chi connectivity index (χ4v) is 8.60. The largest absolute Gasteiger partial charge is 0.455 e. The highest BCUT2D eigenvalue weighted by Crippen LogP contribution is 2.45. The monoisotopic (exact) mass is 626 g/mol. The summed E-state index contributed by atoms with van der Waals surface area (Å²) in [7, 11) is 0. The van der Waals surface area contributed by atoms with E-state index in [2.05, 4.69) is 126 Å². The van der Waals surface area contributed by atoms with Crippen molar-refractivity contribution in [2.45, 2.75) is 29.9 Å². The molecule has 0 spiro atoms. The molecule has 47 heavy (non-hydrogen) atoms. The third-order valence-electron chi connectivity index (χ3n) is 9.65. The van der Waals surface area contributed by atoms with Crippen molar-refractivity contribution in [3.63, 3.8) is 0 Å². The van der Waals surface area contributed by atoms with Gasteiger partial charge in [0.05, 0.1) is 11.0 Å². The molecule has 4 heteroatoms. The SMILES string of the molecule is Nc1ccc2oc3c(-c4ccccc4)cccc3c2c1SCc1cccc2c1c1ccccc1n2C1=CC(C2=CCCC=C2)CC=C1. The molecule has 228 valence electrons. The molecule has 7 aromatic rings. The molecule has 2 N–H and O–H groups in total. The molecule has 2 aliphatic rings. The first-order valence-corrected chi connectivity index (χ1v) is 17.4. The van der Waals surface area contributed by atoms with Crippen LogP contribution in [0.2, 0.25) is 0 Å². The zero-order chi connectivity index (χ0) is 31.3. The molecule has 0 amide bonds. The van der Waals surface area contributed by atoms with Crippen molar-refractivity contribution in [2.75, 3.05) is 5.73 Å². The first-order chi connectivity index (χ1) is 23.2. The second kappa shape index (κ2) is 11.6. The summed E-state index contributed by atoms with van der Waals surface area (Å²) in [5.41, 5.74) is 18.0. The molecular formula is C43H34N2OS. The van der Waals surface area contributed by atoms with Crippen LogP contribution in [-0.4, -0.2) is 4.57 Å². The Kier molecular flexibility index (Phi) is 6.90. The fourth-order valence-electron chi connectivity index (χ4n) is 7.47. The molecule has 0 fully saturated rings. The van der Waals surface area contributed by atoms with Gasteiger partial charge in [-0.3, -0.25) is 0 Å². The van der Waals surface area contributed by atoms with Crippen molar-refractivity contribution in [3.8, 4) is 11.1 Å². The van der Waals surface area contributed by atoms with Crippen molar-refractivity contribution in [1.29, 1.82) is 0 Å². The smallest absolute Gasteiger partial charge is 0.143 e. The van der Waals surface area contributed by atoms with Crippen LogP contribution in [0.1, 0.15) is 24.8 Å². The Morgan fingerprint density at radius 2 is 1.57 bits per heavy atom. The van der Waals surface area contributed by atoms with Gasteiger partial charge in [0.2, 0.25) is 0 Å². The average Bonchev–Trinajstić information content (AvgIpc) is 3.68. The third-order valence-corrected chi connectivity index (χ3v) is 10.8. The summed E-state index contributed by atoms with van der Waals surface area (Å²) in [5.74, 6) is 1.19. The molecule has 0 aliphatic heterocycles. The second-order valence-corrected chi connectivity index (χ2v) is 13.5. The Labute approximate surface area is 278 Å². The van der Waals surface area contributed by atoms with Gasteiger partial charge in [0, 0.05) is 55.1 Å². The predicted octanol–water partition coefficient (Wildman–Crippen LogP) is 11.9. The van der Waals surface area contributed by atoms with Gasteiger partial charge in [0.15, 0.2) is 0 Å². The molecule has 0 bridgehead atoms. The minimum absolute atomic E-state index is 0.400. The van der Waals surface area contributed by atoms with E-state index in [-0.39, 0.29) is 0 Å². The third kappa shape index (κ3) is 4.75. The second-order valence-electron chi connectivity index (χ2n) is 12.5. The van der Waals surface area contributed by atoms with E-state index in [1.165, 1.54) is 38.6 Å². The van der Waals surface area contributed by atoms with E-state index < -0.39 is 0 Å². The maximum Gasteiger partial charge on any atom is 0.143 e. The van der Waals surface area contributed by atoms with Gasteiger partial charge in [-0.05, 0) is 66.3 Å². The molecule has 0 saturated heterocycles. The van der Waals surface area contributed by atoms with E-state index in [1.807, 2.05) is 18.2 Å². The topological polar surface area (TPSA) is 44.1 Å². The number of furan rings is 1. The first kappa shape index (κ1) is 28.1. The summed E-state index contributed by atoms with van der Waals surface area (Å²) in [4.78, 5) is 1.07. The number of hydrogen-bond donors (Lipinski definition) is 1. The zero-order valence-electron chi connectivity index (χ0n) is 26.0. The Morgan fingerprint density at radius 1 is 0.745 bits per heavy atom. The number of aromatic nitrogens is 1. The van der Waals surface area contributed by atoms with Crippen LogP contribution in [0.25, 0.3) is 60.6 Å². The number of nitrogen functional groups attached to an aromatic ring is 1. The first-order valence-electron chi connectivity index (χ1n) is 16.4. The summed E-state index contributed by atoms with van der Waals surface area (Å²) in [5, 5.41) is 4.77. The minimum atomic E-state index is 0.400. The van der Waals surface area contributed by atoms with Crippen LogP contribution in [0, 0.1) is 5.92 Å². The van der Waals surface area contributed by atoms with E-state index in [0.29, 0.717) is 5.92 Å². The van der Waals surface area contributed by atoms with E-state index in [4.69, 9.17) is 10.2 Å². The lowest BCUT2D eigenvalue weighted by atomic mass is 9.88. The van der Waals surface area contributed by atoms with Gasteiger partial charge in [-0.25, -0.2) is 0 Å². The molecule has 0 radical (unpaired) electrons. The van der Waals surface area contributed by atoms with Crippen molar-refractivity contribution >= 4 is 66.9 Å². The van der Waals surface area contributed by atoms with Crippen LogP contribution < -0.4 is 5.73 Å². The number of hydrogen-bond acceptors (Lipinski definition) is 3. The summed E-state index contributed by atoms with van der Waals surface area (Å²) < 4.78 is 9.00. The number of thioether (sulfide) groups is 1. The molecule has 2 aromatic heterocycles. The molecule has 0 saturated carbocycles. The minimum Gasteiger partial charge on any atom is -0.455 e. The van der Waals surface area contributed by atoms with Gasteiger partial charge in [0.25, 0.3) is 0 Å². The van der Waals surface area contributed by atoms with Crippen LogP contribution >= 0.6 is 11.8 Å². The number of para-hydroxylation sites is 2. The van der Waals surface area contributed by atoms with E-state index in [1.54, 1.807) is 11.8 Å². The van der Waals surface area contributed by atoms with Crippen LogP contribution in [0.5, 0.6) is 0 Å². The normalized spacial score (nSPS) is 16.4. The molecular weight excluding hydrogens is 593 g/mol. The van der Waals surface area contributed by atoms with Gasteiger partial charge >= 0.3 is 0 Å². The lowest BCUT2D eigenvalue weighted by molar-refractivity contribution is 0.669. The summed E-state index contributed by atoms with van der Waals surface area (Å²) >= 11 is 1.80. The summed E-state index contributed by atoms with van der Waals surface area (Å²) in [6, 6.07) is 36.4. The highest BCUT2D eigenvalue weighted by atomic mass is 32.2. The fraction of sp³-hybridized carbons (Fsp3) is 0.116. The van der Waals surface area contributed by atoms with Crippen molar-refractivity contribution in [1.82, 2.24) is 4.57 Å². The van der Waals surface area contributed by atoms with Crippen LogP contribution in [-0.2, 0) is 5.75 Å². The highest BCUT2D eigenvalue weighted by Gasteiger charge is 2.21. The number of nitrogens with two attached hydrogens (primary N) is 1. The summed E-state index contributed by atoms with van der Waals surface area (Å²) in [6.45, 7) is 0. The number of rotatable bonds is 6. The lowest BCUT2D eigenvalue weighted by Crippen LogP contribution is -2.07. The zero-order valence-corrected chi connectivity index (χ0v) is 26.8. The Balaban J connectivity index is 1.15. The maximum atomic E-state index is 6.74. The Bertz CT molecular complexity index is 2450. The van der Waals surface area contributed by atoms with E-state index in [0.717, 1.165) is 68.7 Å². The number of nitrogens with zero attached hydrogens (tertiary/aromatic N) is 1. The van der Waals surface area contributed by atoms with Gasteiger partial charge in [-0.1, -0.05) is 109 Å². The van der Waals surface area contributed by atoms with Crippen molar-refractivity contribution in [3.05, 3.63) is 151 Å². The number of fused-ring (bicyclic) bond motifs is 6. The van der Waals surface area contributed by atoms with E-state index >= 15 is 0 Å². The number of allylic oxidation sites excluding steroid dienone is 8. The average molecular weight is 627 g/mol. The number of anilines is 1. The number of benzene rings is 5. The Hall–Kier alpha value is -5.19. The van der Waals surface area contributed by atoms with Crippen LogP contribution in [0.15, 0.2) is 154 Å². The highest BCUT2D eigenvalue weighted by molar-refractivity contribution is 7.99. The van der Waals surface area contributed by atoms with Crippen molar-refractivity contribution < 1.29 is 4.42 Å². The van der Waals surface area contributed by atoms with Crippen molar-refractivity contribution in [2.24, 2.45) is 5.92 Å². The molecule has 1 unspecified atom stereocenters. The molecule has 2 aliphatic carbocycles. The predicted molar refractivity (Wildman–Crippen MR) is 201 cm³/mol. The Morgan fingerprint density at radius 3 is 2.47 bits per heavy atom. The van der Waals surface area contributed by atoms with E-state index in [9.17, 15) is 0 Å². The molecule has 2 heterocycles. The summed E-state index contributed by atoms with van der Waals surface area (Å²) in [6.07, 6.45) is 17.5. The van der Waals surface area contributed by atoms with Gasteiger partial charge in [0.1, 0.15) is 11.2 Å². The standard InChI is InChI=1S/C43H34N2OS/c44-36-24-25-39-41(35-21-11-20-33(42(35)46-39)29-14-5-2-6-15-29)43(36)47-27-31-17-10-23-38-40(31)34-19-7-8-22-37(34)45(38)32-18-9-16-30(26-32)28-12-3-1-4-13-28/h2-3,5-15,17-26,30H,1,4,16,27,44H2. The maximum absolute atomic E-state index is 6.74. The molecule has 5 aromatic carbocycles. The van der Waals surface area contributed by atoms with Crippen LogP contribution in [0.3, 0.4) is 0 Å². The lowest BCUT2D eigenvalue weighted by Gasteiger charge is -2.21.